The van der Waals surface area contributed by atoms with Gasteiger partial charge in [0.05, 0.1) is 8.07 Å². The summed E-state index contributed by atoms with van der Waals surface area (Å²) in [7, 11) is -4.68. The number of allylic oxidation sites excluding steroid dienone is 4. The van der Waals surface area contributed by atoms with Gasteiger partial charge in [-0.2, -0.15) is 0 Å². The predicted molar refractivity (Wildman–Crippen MR) is 162 cm³/mol. The van der Waals surface area contributed by atoms with Crippen molar-refractivity contribution in [1.29, 1.82) is 1.23 Å². The molecule has 34 heavy (non-hydrogen) atoms. The van der Waals surface area contributed by atoms with Crippen LogP contribution in [0.1, 0.15) is 94.2 Å². The molecular weight excluding hydrogens is 441 g/mol. The van der Waals surface area contributed by atoms with E-state index in [4.69, 9.17) is 0 Å². The highest BCUT2D eigenvalue weighted by atomic mass is 28.4. The van der Waals surface area contributed by atoms with Crippen LogP contribution < -0.4 is 5.19 Å². The lowest BCUT2D eigenvalue weighted by atomic mass is 9.75. The van der Waals surface area contributed by atoms with Crippen LogP contribution in [0.2, 0.25) is 30.8 Å². The average molecular weight is 497 g/mol. The van der Waals surface area contributed by atoms with Crippen LogP contribution in [0.15, 0.2) is 41.5 Å². The molecule has 0 fully saturated rings. The van der Waals surface area contributed by atoms with Gasteiger partial charge in [0.2, 0.25) is 0 Å². The summed E-state index contributed by atoms with van der Waals surface area (Å²) in [5, 5.41) is 1.50. The van der Waals surface area contributed by atoms with Gasteiger partial charge < -0.3 is 0 Å². The predicted octanol–water partition coefficient (Wildman–Crippen LogP) is 9.13. The van der Waals surface area contributed by atoms with E-state index < -0.39 is 16.8 Å². The summed E-state index contributed by atoms with van der Waals surface area (Å²) < 4.78 is 9.59. The molecule has 1 aliphatic rings. The number of benzene rings is 1. The normalized spacial score (nSPS) is 21.7. The summed E-state index contributed by atoms with van der Waals surface area (Å²) in [5.74, 6) is 0. The molecule has 0 heterocycles. The Labute approximate surface area is 217 Å². The molecule has 0 saturated heterocycles. The maximum absolute atomic E-state index is 9.79. The quantitative estimate of drug-likeness (QED) is 0.366. The van der Waals surface area contributed by atoms with Gasteiger partial charge in [-0.05, 0) is 49.4 Å². The highest BCUT2D eigenvalue weighted by Gasteiger charge is 2.52. The Morgan fingerprint density at radius 2 is 1.09 bits per heavy atom. The molecule has 0 nitrogen and oxygen atoms in total. The Bertz CT molecular complexity index is 974. The SMILES string of the molecule is [2H][Si](C)(C)C1([Si](C)(C)c2cc(C(C)(C)C)cc(C(C)(C)C)c2)[CH]C(C(C)(C)C)=CC(C(C)(C)C)=C1. The third kappa shape index (κ3) is 5.75. The fourth-order valence-electron chi connectivity index (χ4n) is 5.02. The highest BCUT2D eigenvalue weighted by molar-refractivity contribution is 7.02. The van der Waals surface area contributed by atoms with Crippen LogP contribution in [0.3, 0.4) is 0 Å². The molecule has 0 aliphatic heterocycles. The van der Waals surface area contributed by atoms with E-state index in [1.54, 1.807) is 0 Å². The Hall–Kier alpha value is -0.866. The molecule has 1 aromatic carbocycles. The van der Waals surface area contributed by atoms with Crippen molar-refractivity contribution in [2.45, 2.75) is 125 Å². The van der Waals surface area contributed by atoms with Crippen molar-refractivity contribution >= 4 is 22.0 Å². The molecular formula is C32H55Si2. The summed E-state index contributed by atoms with van der Waals surface area (Å²) in [4.78, 5) is 0. The summed E-state index contributed by atoms with van der Waals surface area (Å²) >= 11 is 0. The largest absolute Gasteiger partial charge is 0.0881 e. The van der Waals surface area contributed by atoms with Crippen LogP contribution >= 0.6 is 0 Å². The van der Waals surface area contributed by atoms with Gasteiger partial charge in [0, 0.05) is 9.96 Å². The number of hydrogen-bond donors (Lipinski definition) is 0. The smallest absolute Gasteiger partial charge is 0.0792 e. The van der Waals surface area contributed by atoms with E-state index in [1.165, 1.54) is 27.5 Å². The van der Waals surface area contributed by atoms with E-state index in [0.717, 1.165) is 0 Å². The van der Waals surface area contributed by atoms with E-state index in [2.05, 4.69) is 146 Å². The van der Waals surface area contributed by atoms with Crippen molar-refractivity contribution < 1.29 is 0 Å². The minimum absolute atomic E-state index is 0.0456. The van der Waals surface area contributed by atoms with Gasteiger partial charge in [-0.15, -0.1) is 0 Å². The second kappa shape index (κ2) is 8.91. The Balaban J connectivity index is 2.99. The minimum Gasteiger partial charge on any atom is -0.0792 e. The van der Waals surface area contributed by atoms with Gasteiger partial charge >= 0.3 is 0 Å². The van der Waals surface area contributed by atoms with Gasteiger partial charge in [0.15, 0.2) is 0 Å². The second-order valence-electron chi connectivity index (χ2n) is 15.6. The molecule has 2 heteroatoms. The van der Waals surface area contributed by atoms with Crippen LogP contribution in [-0.4, -0.2) is 18.0 Å². The number of hydrogen-bond acceptors (Lipinski definition) is 0. The highest BCUT2D eigenvalue weighted by Crippen LogP contribution is 2.55. The lowest BCUT2D eigenvalue weighted by Gasteiger charge is -2.52. The van der Waals surface area contributed by atoms with Gasteiger partial charge in [0.25, 0.3) is 0 Å². The summed E-state index contributed by atoms with van der Waals surface area (Å²) in [6.07, 6.45) is 7.59. The molecule has 1 aromatic rings. The van der Waals surface area contributed by atoms with Crippen molar-refractivity contribution in [2.75, 3.05) is 0 Å². The lowest BCUT2D eigenvalue weighted by Crippen LogP contribution is -2.59. The maximum atomic E-state index is 9.79. The van der Waals surface area contributed by atoms with Crippen molar-refractivity contribution in [3.05, 3.63) is 59.0 Å². The molecule has 191 valence electrons. The second-order valence-corrected chi connectivity index (χ2v) is 23.6. The topological polar surface area (TPSA) is 0 Å². The Morgan fingerprint density at radius 1 is 0.676 bits per heavy atom. The first-order valence-corrected chi connectivity index (χ1v) is 18.7. The van der Waals surface area contributed by atoms with Crippen molar-refractivity contribution in [3.63, 3.8) is 0 Å². The molecule has 2 rings (SSSR count). The Morgan fingerprint density at radius 3 is 1.41 bits per heavy atom. The molecule has 0 N–H and O–H groups in total. The van der Waals surface area contributed by atoms with Gasteiger partial charge in [-0.25, -0.2) is 0 Å². The van der Waals surface area contributed by atoms with E-state index in [-0.39, 0.29) is 26.3 Å². The van der Waals surface area contributed by atoms with E-state index in [1.807, 2.05) is 0 Å². The van der Waals surface area contributed by atoms with Crippen molar-refractivity contribution in [3.8, 4) is 0 Å². The molecule has 1 aliphatic carbocycles. The van der Waals surface area contributed by atoms with Crippen LogP contribution in [0, 0.1) is 17.3 Å². The fourth-order valence-corrected chi connectivity index (χ4v) is 13.9. The number of rotatable bonds is 3. The van der Waals surface area contributed by atoms with Crippen LogP contribution in [0.25, 0.3) is 0 Å². The molecule has 1 unspecified atom stereocenters. The molecule has 0 spiro atoms. The Kier molecular flexibility index (Phi) is 7.26. The molecule has 0 bridgehead atoms. The zero-order valence-electron chi connectivity index (χ0n) is 26.5. The van der Waals surface area contributed by atoms with Crippen LogP contribution in [0.4, 0.5) is 0 Å². The van der Waals surface area contributed by atoms with Gasteiger partial charge in [0.1, 0.15) is 0 Å². The molecule has 0 saturated carbocycles. The molecule has 0 aromatic heterocycles. The minimum atomic E-state index is -2.45. The van der Waals surface area contributed by atoms with Gasteiger partial charge in [-0.1, -0.05) is 150 Å². The van der Waals surface area contributed by atoms with E-state index >= 15 is 0 Å². The van der Waals surface area contributed by atoms with E-state index in [9.17, 15) is 1.23 Å². The summed E-state index contributed by atoms with van der Waals surface area (Å²) in [6.45, 7) is 37.6. The van der Waals surface area contributed by atoms with Crippen molar-refractivity contribution in [1.82, 2.24) is 0 Å². The van der Waals surface area contributed by atoms with E-state index in [0.29, 0.717) is 0 Å². The summed E-state index contributed by atoms with van der Waals surface area (Å²) in [6, 6.07) is 7.46. The van der Waals surface area contributed by atoms with Gasteiger partial charge in [-0.3, -0.25) is 0 Å². The third-order valence-electron chi connectivity index (χ3n) is 8.06. The fraction of sp³-hybridized carbons (Fsp3) is 0.656. The van der Waals surface area contributed by atoms with Crippen LogP contribution in [-0.2, 0) is 10.8 Å². The van der Waals surface area contributed by atoms with Crippen molar-refractivity contribution in [2.24, 2.45) is 10.8 Å². The first-order valence-electron chi connectivity index (χ1n) is 13.7. The average Bonchev–Trinajstić information content (AvgIpc) is 2.63. The zero-order chi connectivity index (χ0) is 27.6. The first kappa shape index (κ1) is 27.7. The summed E-state index contributed by atoms with van der Waals surface area (Å²) in [5.41, 5.74) is 5.91. The molecule has 0 amide bonds. The zero-order valence-corrected chi connectivity index (χ0v) is 27.5. The molecule has 1 atom stereocenters. The molecule has 1 radical (unpaired) electrons. The maximum Gasteiger partial charge on any atom is 0.0881 e. The lowest BCUT2D eigenvalue weighted by molar-refractivity contribution is 0.480. The first-order chi connectivity index (χ1) is 15.2. The standard InChI is InChI=1S/C32H55Si2/c1-28(2,3)23-17-24(29(4,5)6)20-27(19-23)34(15,16)32(33(13)14)21-25(30(7,8)9)18-26(22-32)31(10,11)12/h17-22,33H,1-16H3/i33D. The third-order valence-corrected chi connectivity index (χ3v) is 17.5. The monoisotopic (exact) mass is 496 g/mol. The van der Waals surface area contributed by atoms with Crippen LogP contribution in [0.5, 0.6) is 0 Å².